The van der Waals surface area contributed by atoms with Crippen molar-refractivity contribution in [1.29, 1.82) is 0 Å². The molecule has 154 valence electrons. The number of anilines is 1. The number of benzene rings is 2. The summed E-state index contributed by atoms with van der Waals surface area (Å²) in [5.41, 5.74) is 0.615. The molecule has 0 aromatic heterocycles. The van der Waals surface area contributed by atoms with E-state index in [4.69, 9.17) is 4.74 Å². The summed E-state index contributed by atoms with van der Waals surface area (Å²) in [7, 11) is -1.32. The van der Waals surface area contributed by atoms with Crippen LogP contribution >= 0.6 is 0 Å². The van der Waals surface area contributed by atoms with E-state index in [2.05, 4.69) is 9.46 Å². The van der Waals surface area contributed by atoms with Gasteiger partial charge in [-0.15, -0.1) is 0 Å². The summed E-state index contributed by atoms with van der Waals surface area (Å²) in [6.07, 6.45) is 1.84. The first-order valence-corrected chi connectivity index (χ1v) is 10.5. The maximum absolute atomic E-state index is 12.9. The monoisotopic (exact) mass is 418 g/mol. The smallest absolute Gasteiger partial charge is 0.337 e. The number of nitrogens with zero attached hydrogens (tertiary/aromatic N) is 1. The summed E-state index contributed by atoms with van der Waals surface area (Å²) < 4.78 is 38.0. The van der Waals surface area contributed by atoms with Gasteiger partial charge in [0.1, 0.15) is 5.75 Å². The fourth-order valence-electron chi connectivity index (χ4n) is 3.15. The Labute approximate surface area is 169 Å². The van der Waals surface area contributed by atoms with Crippen molar-refractivity contribution < 1.29 is 27.5 Å². The van der Waals surface area contributed by atoms with Gasteiger partial charge in [0.05, 0.1) is 30.2 Å². The molecule has 8 nitrogen and oxygen atoms in total. The highest BCUT2D eigenvalue weighted by atomic mass is 32.2. The van der Waals surface area contributed by atoms with E-state index in [0.29, 0.717) is 18.8 Å². The van der Waals surface area contributed by atoms with Crippen LogP contribution < -0.4 is 9.46 Å². The first kappa shape index (κ1) is 20.7. The lowest BCUT2D eigenvalue weighted by Gasteiger charge is -2.18. The van der Waals surface area contributed by atoms with E-state index in [1.54, 1.807) is 11.0 Å². The molecule has 0 bridgehead atoms. The number of amides is 1. The van der Waals surface area contributed by atoms with Crippen molar-refractivity contribution in [2.75, 3.05) is 32.0 Å². The lowest BCUT2D eigenvalue weighted by molar-refractivity contribution is 0.0600. The third-order valence-electron chi connectivity index (χ3n) is 4.64. The predicted octanol–water partition coefficient (Wildman–Crippen LogP) is 2.52. The number of ether oxygens (including phenoxy) is 2. The van der Waals surface area contributed by atoms with Gasteiger partial charge in [0.15, 0.2) is 0 Å². The highest BCUT2D eigenvalue weighted by Crippen LogP contribution is 2.26. The third-order valence-corrected chi connectivity index (χ3v) is 6.02. The molecule has 0 atom stereocenters. The highest BCUT2D eigenvalue weighted by Gasteiger charge is 2.25. The fourth-order valence-corrected chi connectivity index (χ4v) is 4.23. The molecule has 2 aromatic rings. The van der Waals surface area contributed by atoms with Crippen LogP contribution in [0, 0.1) is 0 Å². The standard InChI is InChI=1S/C20H22N2O6S/c1-27-18-9-8-16(13-17(18)19(23)22-10-3-4-11-22)29(25,26)21-15-7-5-6-14(12-15)20(24)28-2/h5-9,12-13,21H,3-4,10-11H2,1-2H3. The molecule has 0 radical (unpaired) electrons. The van der Waals surface area contributed by atoms with Gasteiger partial charge in [0, 0.05) is 18.8 Å². The first-order valence-electron chi connectivity index (χ1n) is 9.04. The Balaban J connectivity index is 1.92. The second-order valence-electron chi connectivity index (χ2n) is 6.54. The second kappa shape index (κ2) is 8.52. The van der Waals surface area contributed by atoms with Gasteiger partial charge < -0.3 is 14.4 Å². The van der Waals surface area contributed by atoms with Crippen molar-refractivity contribution in [3.63, 3.8) is 0 Å². The number of esters is 1. The first-order chi connectivity index (χ1) is 13.9. The van der Waals surface area contributed by atoms with E-state index in [9.17, 15) is 18.0 Å². The minimum atomic E-state index is -4.00. The average Bonchev–Trinajstić information content (AvgIpc) is 3.27. The van der Waals surface area contributed by atoms with Gasteiger partial charge >= 0.3 is 5.97 Å². The molecule has 2 aromatic carbocycles. The van der Waals surface area contributed by atoms with Gasteiger partial charge in [-0.2, -0.15) is 0 Å². The van der Waals surface area contributed by atoms with Gasteiger partial charge in [-0.05, 0) is 49.2 Å². The minimum Gasteiger partial charge on any atom is -0.496 e. The molecule has 1 N–H and O–H groups in total. The number of likely N-dealkylation sites (tertiary alicyclic amines) is 1. The summed E-state index contributed by atoms with van der Waals surface area (Å²) in [4.78, 5) is 26.1. The van der Waals surface area contributed by atoms with E-state index in [0.717, 1.165) is 12.8 Å². The third kappa shape index (κ3) is 4.51. The Morgan fingerprint density at radius 3 is 2.41 bits per heavy atom. The molecule has 0 spiro atoms. The molecule has 0 aliphatic carbocycles. The van der Waals surface area contributed by atoms with Crippen LogP contribution in [0.2, 0.25) is 0 Å². The topological polar surface area (TPSA) is 102 Å². The van der Waals surface area contributed by atoms with Gasteiger partial charge in [-0.3, -0.25) is 9.52 Å². The summed E-state index contributed by atoms with van der Waals surface area (Å²) in [6.45, 7) is 1.27. The zero-order valence-electron chi connectivity index (χ0n) is 16.2. The number of nitrogens with one attached hydrogen (secondary N) is 1. The van der Waals surface area contributed by atoms with Crippen molar-refractivity contribution in [2.24, 2.45) is 0 Å². The maximum Gasteiger partial charge on any atom is 0.337 e. The molecule has 1 aliphatic heterocycles. The van der Waals surface area contributed by atoms with E-state index in [1.807, 2.05) is 0 Å². The molecular weight excluding hydrogens is 396 g/mol. The van der Waals surface area contributed by atoms with Crippen LogP contribution in [-0.2, 0) is 14.8 Å². The Morgan fingerprint density at radius 1 is 1.03 bits per heavy atom. The van der Waals surface area contributed by atoms with Crippen molar-refractivity contribution in [3.8, 4) is 5.75 Å². The van der Waals surface area contributed by atoms with Crippen LogP contribution in [0.4, 0.5) is 5.69 Å². The van der Waals surface area contributed by atoms with E-state index >= 15 is 0 Å². The van der Waals surface area contributed by atoms with Crippen molar-refractivity contribution in [3.05, 3.63) is 53.6 Å². The number of carbonyl (C=O) groups excluding carboxylic acids is 2. The number of hydrogen-bond acceptors (Lipinski definition) is 6. The molecule has 3 rings (SSSR count). The number of carbonyl (C=O) groups is 2. The largest absolute Gasteiger partial charge is 0.496 e. The Morgan fingerprint density at radius 2 is 1.76 bits per heavy atom. The number of rotatable bonds is 6. The molecule has 9 heteroatoms. The summed E-state index contributed by atoms with van der Waals surface area (Å²) in [5, 5.41) is 0. The Kier molecular flexibility index (Phi) is 6.07. The van der Waals surface area contributed by atoms with Gasteiger partial charge in [-0.25, -0.2) is 13.2 Å². The highest BCUT2D eigenvalue weighted by molar-refractivity contribution is 7.92. The molecule has 1 heterocycles. The van der Waals surface area contributed by atoms with E-state index < -0.39 is 16.0 Å². The van der Waals surface area contributed by atoms with E-state index in [1.165, 1.54) is 50.6 Å². The van der Waals surface area contributed by atoms with Crippen LogP contribution in [-0.4, -0.2) is 52.5 Å². The van der Waals surface area contributed by atoms with Gasteiger partial charge in [0.25, 0.3) is 15.9 Å². The number of hydrogen-bond donors (Lipinski definition) is 1. The van der Waals surface area contributed by atoms with Crippen molar-refractivity contribution >= 4 is 27.6 Å². The van der Waals surface area contributed by atoms with Crippen molar-refractivity contribution in [2.45, 2.75) is 17.7 Å². The predicted molar refractivity (Wildman–Crippen MR) is 107 cm³/mol. The molecule has 1 aliphatic rings. The average molecular weight is 418 g/mol. The molecule has 1 amide bonds. The summed E-state index contributed by atoms with van der Waals surface area (Å²) >= 11 is 0. The van der Waals surface area contributed by atoms with E-state index in [-0.39, 0.29) is 27.6 Å². The van der Waals surface area contributed by atoms with Crippen LogP contribution in [0.15, 0.2) is 47.4 Å². The minimum absolute atomic E-state index is 0.0793. The molecule has 0 saturated carbocycles. The lowest BCUT2D eigenvalue weighted by Crippen LogP contribution is -2.28. The normalized spacial score (nSPS) is 13.8. The molecule has 29 heavy (non-hydrogen) atoms. The molecular formula is C20H22N2O6S. The summed E-state index contributed by atoms with van der Waals surface area (Å²) in [6, 6.07) is 10.1. The van der Waals surface area contributed by atoms with Crippen molar-refractivity contribution in [1.82, 2.24) is 4.90 Å². The SMILES string of the molecule is COC(=O)c1cccc(NS(=O)(=O)c2ccc(OC)c(C(=O)N3CCCC3)c2)c1. The number of methoxy groups -OCH3 is 2. The lowest BCUT2D eigenvalue weighted by atomic mass is 10.1. The second-order valence-corrected chi connectivity index (χ2v) is 8.22. The van der Waals surface area contributed by atoms with Crippen LogP contribution in [0.25, 0.3) is 0 Å². The van der Waals surface area contributed by atoms with Crippen LogP contribution in [0.3, 0.4) is 0 Å². The molecule has 0 unspecified atom stereocenters. The Hall–Kier alpha value is -3.07. The van der Waals surface area contributed by atoms with Gasteiger partial charge in [-0.1, -0.05) is 6.07 Å². The molecule has 1 fully saturated rings. The fraction of sp³-hybridized carbons (Fsp3) is 0.300. The van der Waals surface area contributed by atoms with Crippen LogP contribution in [0.5, 0.6) is 5.75 Å². The Bertz CT molecular complexity index is 1030. The number of sulfonamides is 1. The molecule has 1 saturated heterocycles. The van der Waals surface area contributed by atoms with Crippen LogP contribution in [0.1, 0.15) is 33.6 Å². The quantitative estimate of drug-likeness (QED) is 0.724. The maximum atomic E-state index is 12.9. The summed E-state index contributed by atoms with van der Waals surface area (Å²) in [5.74, 6) is -0.522. The zero-order chi connectivity index (χ0) is 21.0. The van der Waals surface area contributed by atoms with Gasteiger partial charge in [0.2, 0.25) is 0 Å². The zero-order valence-corrected chi connectivity index (χ0v) is 17.0.